The lowest BCUT2D eigenvalue weighted by Crippen LogP contribution is -2.17. The second kappa shape index (κ2) is 8.34. The molecule has 6 heteroatoms. The molecule has 0 fully saturated rings. The summed E-state index contributed by atoms with van der Waals surface area (Å²) < 4.78 is 4.66. The van der Waals surface area contributed by atoms with Crippen molar-refractivity contribution in [3.63, 3.8) is 0 Å². The smallest absolute Gasteiger partial charge is 0.337 e. The van der Waals surface area contributed by atoms with Crippen LogP contribution in [0, 0.1) is 11.3 Å². The number of benzene rings is 2. The van der Waals surface area contributed by atoms with Gasteiger partial charge in [0.2, 0.25) is 5.91 Å². The Kier molecular flexibility index (Phi) is 5.92. The van der Waals surface area contributed by atoms with Gasteiger partial charge in [0.1, 0.15) is 6.07 Å². The SMILES string of the molecule is COC(=O)c1cccc(NCCC(=O)Nc2ccccc2C#N)c1. The quantitative estimate of drug-likeness (QED) is 0.798. The molecule has 0 bridgehead atoms. The maximum absolute atomic E-state index is 12.0. The zero-order valence-corrected chi connectivity index (χ0v) is 13.2. The average Bonchev–Trinajstić information content (AvgIpc) is 2.61. The zero-order chi connectivity index (χ0) is 17.4. The fourth-order valence-electron chi connectivity index (χ4n) is 2.10. The first-order chi connectivity index (χ1) is 11.6. The number of rotatable bonds is 6. The number of carbonyl (C=O) groups excluding carboxylic acids is 2. The van der Waals surface area contributed by atoms with E-state index >= 15 is 0 Å². The Morgan fingerprint density at radius 1 is 1.17 bits per heavy atom. The van der Waals surface area contributed by atoms with Crippen molar-refractivity contribution in [1.82, 2.24) is 0 Å². The van der Waals surface area contributed by atoms with Crippen LogP contribution in [-0.4, -0.2) is 25.5 Å². The van der Waals surface area contributed by atoms with E-state index in [1.165, 1.54) is 7.11 Å². The molecule has 2 aromatic carbocycles. The van der Waals surface area contributed by atoms with Gasteiger partial charge in [-0.25, -0.2) is 4.79 Å². The van der Waals surface area contributed by atoms with Crippen LogP contribution >= 0.6 is 0 Å². The lowest BCUT2D eigenvalue weighted by Gasteiger charge is -2.09. The summed E-state index contributed by atoms with van der Waals surface area (Å²) in [6.45, 7) is 0.394. The van der Waals surface area contributed by atoms with Crippen molar-refractivity contribution in [2.75, 3.05) is 24.3 Å². The van der Waals surface area contributed by atoms with Crippen LogP contribution in [-0.2, 0) is 9.53 Å². The molecule has 24 heavy (non-hydrogen) atoms. The highest BCUT2D eigenvalue weighted by Crippen LogP contribution is 2.14. The summed E-state index contributed by atoms with van der Waals surface area (Å²) in [7, 11) is 1.33. The Hall–Kier alpha value is -3.33. The lowest BCUT2D eigenvalue weighted by atomic mass is 10.2. The Morgan fingerprint density at radius 3 is 2.71 bits per heavy atom. The number of nitrogens with one attached hydrogen (secondary N) is 2. The molecule has 6 nitrogen and oxygen atoms in total. The number of methoxy groups -OCH3 is 1. The fraction of sp³-hybridized carbons (Fsp3) is 0.167. The molecular formula is C18H17N3O3. The van der Waals surface area contributed by atoms with Gasteiger partial charge in [-0.2, -0.15) is 5.26 Å². The van der Waals surface area contributed by atoms with Crippen molar-refractivity contribution < 1.29 is 14.3 Å². The number of amides is 1. The van der Waals surface area contributed by atoms with E-state index in [1.54, 1.807) is 48.5 Å². The van der Waals surface area contributed by atoms with Crippen molar-refractivity contribution in [2.45, 2.75) is 6.42 Å². The second-order valence-electron chi connectivity index (χ2n) is 4.95. The highest BCUT2D eigenvalue weighted by molar-refractivity contribution is 5.92. The second-order valence-corrected chi connectivity index (χ2v) is 4.95. The van der Waals surface area contributed by atoms with Crippen LogP contribution in [0.25, 0.3) is 0 Å². The van der Waals surface area contributed by atoms with E-state index in [0.29, 0.717) is 23.4 Å². The van der Waals surface area contributed by atoms with E-state index in [0.717, 1.165) is 5.69 Å². The van der Waals surface area contributed by atoms with Crippen LogP contribution in [0.2, 0.25) is 0 Å². The van der Waals surface area contributed by atoms with Gasteiger partial charge in [0, 0.05) is 18.7 Å². The summed E-state index contributed by atoms with van der Waals surface area (Å²) in [5.74, 6) is -0.612. The largest absolute Gasteiger partial charge is 0.465 e. The minimum absolute atomic E-state index is 0.200. The van der Waals surface area contributed by atoms with E-state index in [9.17, 15) is 9.59 Å². The molecule has 0 heterocycles. The Bertz CT molecular complexity index is 781. The van der Waals surface area contributed by atoms with Gasteiger partial charge in [-0.3, -0.25) is 4.79 Å². The highest BCUT2D eigenvalue weighted by Gasteiger charge is 2.07. The molecule has 0 aromatic heterocycles. The molecule has 0 saturated heterocycles. The number of ether oxygens (including phenoxy) is 1. The minimum atomic E-state index is -0.412. The molecule has 2 N–H and O–H groups in total. The summed E-state index contributed by atoms with van der Waals surface area (Å²) in [6, 6.07) is 15.7. The van der Waals surface area contributed by atoms with Crippen LogP contribution in [0.15, 0.2) is 48.5 Å². The molecular weight excluding hydrogens is 306 g/mol. The maximum Gasteiger partial charge on any atom is 0.337 e. The van der Waals surface area contributed by atoms with Crippen LogP contribution < -0.4 is 10.6 Å². The normalized spacial score (nSPS) is 9.67. The summed E-state index contributed by atoms with van der Waals surface area (Å²) >= 11 is 0. The van der Waals surface area contributed by atoms with Crippen LogP contribution in [0.5, 0.6) is 0 Å². The molecule has 0 aliphatic carbocycles. The standard InChI is InChI=1S/C18H17N3O3/c1-24-18(23)13-6-4-7-15(11-13)20-10-9-17(22)21-16-8-3-2-5-14(16)12-19/h2-8,11,20H,9-10H2,1H3,(H,21,22). The molecule has 122 valence electrons. The lowest BCUT2D eigenvalue weighted by molar-refractivity contribution is -0.115. The van der Waals surface area contributed by atoms with Crippen LogP contribution in [0.3, 0.4) is 0 Å². The average molecular weight is 323 g/mol. The van der Waals surface area contributed by atoms with E-state index in [2.05, 4.69) is 15.4 Å². The van der Waals surface area contributed by atoms with E-state index < -0.39 is 5.97 Å². The van der Waals surface area contributed by atoms with Gasteiger partial charge in [0.25, 0.3) is 0 Å². The third-order valence-electron chi connectivity index (χ3n) is 3.29. The first kappa shape index (κ1) is 17.0. The molecule has 2 aromatic rings. The number of para-hydroxylation sites is 1. The Morgan fingerprint density at radius 2 is 1.96 bits per heavy atom. The maximum atomic E-state index is 12.0. The van der Waals surface area contributed by atoms with Gasteiger partial charge in [-0.05, 0) is 30.3 Å². The number of carbonyl (C=O) groups is 2. The Balaban J connectivity index is 1.87. The molecule has 0 radical (unpaired) electrons. The van der Waals surface area contributed by atoms with Gasteiger partial charge in [0.15, 0.2) is 0 Å². The van der Waals surface area contributed by atoms with E-state index in [4.69, 9.17) is 5.26 Å². The molecule has 0 atom stereocenters. The van der Waals surface area contributed by atoms with Crippen molar-refractivity contribution >= 4 is 23.3 Å². The molecule has 0 unspecified atom stereocenters. The molecule has 0 saturated carbocycles. The molecule has 0 aliphatic rings. The molecule has 2 rings (SSSR count). The van der Waals surface area contributed by atoms with Gasteiger partial charge >= 0.3 is 5.97 Å². The highest BCUT2D eigenvalue weighted by atomic mass is 16.5. The summed E-state index contributed by atoms with van der Waals surface area (Å²) in [5.41, 5.74) is 2.08. The first-order valence-corrected chi connectivity index (χ1v) is 7.35. The first-order valence-electron chi connectivity index (χ1n) is 7.35. The predicted octanol–water partition coefficient (Wildman–Crippen LogP) is 2.79. The monoisotopic (exact) mass is 323 g/mol. The number of esters is 1. The molecule has 0 aliphatic heterocycles. The van der Waals surface area contributed by atoms with Crippen molar-refractivity contribution in [2.24, 2.45) is 0 Å². The Labute approximate surface area is 140 Å². The van der Waals surface area contributed by atoms with E-state index in [1.807, 2.05) is 6.07 Å². The third-order valence-corrected chi connectivity index (χ3v) is 3.29. The molecule has 1 amide bonds. The summed E-state index contributed by atoms with van der Waals surface area (Å²) in [6.07, 6.45) is 0.224. The minimum Gasteiger partial charge on any atom is -0.465 e. The van der Waals surface area contributed by atoms with Gasteiger partial charge in [-0.1, -0.05) is 18.2 Å². The van der Waals surface area contributed by atoms with Gasteiger partial charge < -0.3 is 15.4 Å². The van der Waals surface area contributed by atoms with Crippen LogP contribution in [0.4, 0.5) is 11.4 Å². The summed E-state index contributed by atoms with van der Waals surface area (Å²) in [4.78, 5) is 23.4. The van der Waals surface area contributed by atoms with Crippen molar-refractivity contribution in [3.8, 4) is 6.07 Å². The van der Waals surface area contributed by atoms with E-state index in [-0.39, 0.29) is 12.3 Å². The van der Waals surface area contributed by atoms with Crippen molar-refractivity contribution in [1.29, 1.82) is 5.26 Å². The molecule has 0 spiro atoms. The predicted molar refractivity (Wildman–Crippen MR) is 90.7 cm³/mol. The van der Waals surface area contributed by atoms with Crippen molar-refractivity contribution in [3.05, 3.63) is 59.7 Å². The topological polar surface area (TPSA) is 91.2 Å². The number of anilines is 2. The number of nitrogens with zero attached hydrogens (tertiary/aromatic N) is 1. The zero-order valence-electron chi connectivity index (χ0n) is 13.2. The van der Waals surface area contributed by atoms with Gasteiger partial charge in [-0.15, -0.1) is 0 Å². The number of hydrogen-bond donors (Lipinski definition) is 2. The summed E-state index contributed by atoms with van der Waals surface area (Å²) in [5, 5.41) is 14.8. The third kappa shape index (κ3) is 4.58. The van der Waals surface area contributed by atoms with Gasteiger partial charge in [0.05, 0.1) is 23.9 Å². The van der Waals surface area contributed by atoms with Crippen LogP contribution in [0.1, 0.15) is 22.3 Å². The fourth-order valence-corrected chi connectivity index (χ4v) is 2.10. The number of hydrogen-bond acceptors (Lipinski definition) is 5. The number of nitriles is 1.